The molecule has 1 aromatic carbocycles. The Kier molecular flexibility index (Phi) is 7.58. The van der Waals surface area contributed by atoms with Crippen molar-refractivity contribution in [1.82, 2.24) is 30.1 Å². The van der Waals surface area contributed by atoms with Gasteiger partial charge in [0.2, 0.25) is 5.91 Å². The highest BCUT2D eigenvalue weighted by Gasteiger charge is 2.28. The maximum absolute atomic E-state index is 13.0. The van der Waals surface area contributed by atoms with Crippen LogP contribution in [0.2, 0.25) is 0 Å². The van der Waals surface area contributed by atoms with Crippen LogP contribution in [0.5, 0.6) is 0 Å². The molecule has 3 rings (SSSR count). The van der Waals surface area contributed by atoms with Gasteiger partial charge in [-0.2, -0.15) is 0 Å². The minimum Gasteiger partial charge on any atom is -0.340 e. The zero-order chi connectivity index (χ0) is 21.5. The molecule has 2 heterocycles. The molecule has 10 heteroatoms. The van der Waals surface area contributed by atoms with E-state index in [0.717, 1.165) is 30.5 Å². The highest BCUT2D eigenvalue weighted by atomic mass is 32.2. The molecular weight excluding hydrogens is 404 g/mol. The van der Waals surface area contributed by atoms with Crippen molar-refractivity contribution in [3.8, 4) is 5.69 Å². The summed E-state index contributed by atoms with van der Waals surface area (Å²) in [6.45, 7) is 2.81. The lowest BCUT2D eigenvalue weighted by atomic mass is 10.1. The van der Waals surface area contributed by atoms with Gasteiger partial charge in [0.15, 0.2) is 5.12 Å². The van der Waals surface area contributed by atoms with Crippen molar-refractivity contribution in [3.05, 3.63) is 42.2 Å². The molecule has 2 amide bonds. The number of carbonyl (C=O) groups is 3. The maximum Gasteiger partial charge on any atom is 0.251 e. The summed E-state index contributed by atoms with van der Waals surface area (Å²) in [6, 6.07) is 6.15. The second-order valence-electron chi connectivity index (χ2n) is 7.16. The van der Waals surface area contributed by atoms with Crippen LogP contribution in [0.25, 0.3) is 5.69 Å². The van der Waals surface area contributed by atoms with Gasteiger partial charge in [-0.25, -0.2) is 4.68 Å². The van der Waals surface area contributed by atoms with E-state index >= 15 is 0 Å². The largest absolute Gasteiger partial charge is 0.340 e. The molecule has 30 heavy (non-hydrogen) atoms. The number of hydrogen-bond donors (Lipinski definition) is 1. The Morgan fingerprint density at radius 2 is 1.83 bits per heavy atom. The van der Waals surface area contributed by atoms with Gasteiger partial charge in [-0.05, 0) is 44.0 Å². The number of likely N-dealkylation sites (N-methyl/N-ethyl adjacent to an activating group) is 1. The minimum atomic E-state index is -0.730. The molecule has 1 N–H and O–H groups in total. The average Bonchev–Trinajstić information content (AvgIpc) is 3.31. The first-order chi connectivity index (χ1) is 14.5. The predicted octanol–water partition coefficient (Wildman–Crippen LogP) is 0.810. The van der Waals surface area contributed by atoms with Crippen molar-refractivity contribution >= 4 is 28.7 Å². The van der Waals surface area contributed by atoms with E-state index in [2.05, 4.69) is 20.5 Å². The third-order valence-electron chi connectivity index (χ3n) is 5.10. The van der Waals surface area contributed by atoms with Crippen molar-refractivity contribution in [2.45, 2.75) is 18.9 Å². The van der Waals surface area contributed by atoms with Gasteiger partial charge in [0.1, 0.15) is 6.04 Å². The molecule has 0 unspecified atom stereocenters. The van der Waals surface area contributed by atoms with Crippen LogP contribution in [0, 0.1) is 0 Å². The van der Waals surface area contributed by atoms with E-state index in [1.807, 2.05) is 7.05 Å². The van der Waals surface area contributed by atoms with E-state index < -0.39 is 6.04 Å². The number of thioether (sulfide) groups is 1. The van der Waals surface area contributed by atoms with E-state index in [1.165, 1.54) is 0 Å². The molecule has 9 nitrogen and oxygen atoms in total. The predicted molar refractivity (Wildman–Crippen MR) is 114 cm³/mol. The summed E-state index contributed by atoms with van der Waals surface area (Å²) in [5, 5.41) is 10.5. The molecule has 2 aromatic rings. The van der Waals surface area contributed by atoms with Gasteiger partial charge < -0.3 is 15.1 Å². The summed E-state index contributed by atoms with van der Waals surface area (Å²) in [7, 11) is 2.02. The van der Waals surface area contributed by atoms with E-state index in [1.54, 1.807) is 52.5 Å². The molecule has 1 atom stereocenters. The number of nitrogens with zero attached hydrogens (tertiary/aromatic N) is 5. The molecule has 160 valence electrons. The fourth-order valence-corrected chi connectivity index (χ4v) is 3.54. The number of amides is 2. The lowest BCUT2D eigenvalue weighted by molar-refractivity contribution is -0.135. The summed E-state index contributed by atoms with van der Waals surface area (Å²) in [5.74, 6) is -0.478. The van der Waals surface area contributed by atoms with Crippen molar-refractivity contribution in [1.29, 1.82) is 0 Å². The normalized spacial score (nSPS) is 15.6. The van der Waals surface area contributed by atoms with Gasteiger partial charge in [0.25, 0.3) is 5.91 Å². The van der Waals surface area contributed by atoms with Gasteiger partial charge in [0, 0.05) is 38.2 Å². The smallest absolute Gasteiger partial charge is 0.251 e. The van der Waals surface area contributed by atoms with Gasteiger partial charge >= 0.3 is 0 Å². The Hall–Kier alpha value is -2.72. The number of benzene rings is 1. The van der Waals surface area contributed by atoms with Crippen LogP contribution in [0.1, 0.15) is 23.2 Å². The highest BCUT2D eigenvalue weighted by Crippen LogP contribution is 2.13. The number of aromatic nitrogens is 3. The molecule has 1 aliphatic heterocycles. The Labute approximate surface area is 179 Å². The van der Waals surface area contributed by atoms with Crippen molar-refractivity contribution in [2.24, 2.45) is 0 Å². The quantitative estimate of drug-likeness (QED) is 0.694. The van der Waals surface area contributed by atoms with Gasteiger partial charge in [0.05, 0.1) is 18.1 Å². The maximum atomic E-state index is 13.0. The fraction of sp³-hybridized carbons (Fsp3) is 0.450. The Bertz CT molecular complexity index is 863. The van der Waals surface area contributed by atoms with E-state index in [-0.39, 0.29) is 29.8 Å². The zero-order valence-corrected chi connectivity index (χ0v) is 18.0. The number of carbonyl (C=O) groups excluding carboxylic acids is 3. The Morgan fingerprint density at radius 3 is 2.43 bits per heavy atom. The number of hydrogen-bond acceptors (Lipinski definition) is 7. The third-order valence-corrected chi connectivity index (χ3v) is 5.76. The second kappa shape index (κ2) is 10.4. The number of piperazine rings is 1. The molecule has 1 saturated heterocycles. The average molecular weight is 431 g/mol. The topological polar surface area (TPSA) is 100 Å². The summed E-state index contributed by atoms with van der Waals surface area (Å²) >= 11 is 1.13. The molecule has 0 radical (unpaired) electrons. The van der Waals surface area contributed by atoms with E-state index in [4.69, 9.17) is 0 Å². The standard InChI is InChI=1S/C20H26N6O3S/c1-24-11-13-25(14-12-24)20(29)17(7-8-18(27)30-2)22-19(28)15-3-5-16(6-4-15)26-10-9-21-23-26/h3-6,9-10,17H,7-8,11-14H2,1-2H3,(H,22,28)/t17-/m0/s1. The molecule has 0 aliphatic carbocycles. The van der Waals surface area contributed by atoms with Crippen LogP contribution in [0.4, 0.5) is 0 Å². The van der Waals surface area contributed by atoms with Gasteiger partial charge in [-0.15, -0.1) is 5.10 Å². The monoisotopic (exact) mass is 430 g/mol. The third kappa shape index (κ3) is 5.67. The molecule has 0 saturated carbocycles. The molecular formula is C20H26N6O3S. The zero-order valence-electron chi connectivity index (χ0n) is 17.2. The Morgan fingerprint density at radius 1 is 1.13 bits per heavy atom. The lowest BCUT2D eigenvalue weighted by Crippen LogP contribution is -2.54. The van der Waals surface area contributed by atoms with Crippen molar-refractivity contribution in [2.75, 3.05) is 39.5 Å². The second-order valence-corrected chi connectivity index (χ2v) is 8.03. The van der Waals surface area contributed by atoms with Crippen LogP contribution >= 0.6 is 11.8 Å². The molecule has 1 aromatic heterocycles. The van der Waals surface area contributed by atoms with Crippen molar-refractivity contribution in [3.63, 3.8) is 0 Å². The van der Waals surface area contributed by atoms with E-state index in [9.17, 15) is 14.4 Å². The number of nitrogens with one attached hydrogen (secondary N) is 1. The summed E-state index contributed by atoms with van der Waals surface area (Å²) in [5.41, 5.74) is 1.21. The first kappa shape index (κ1) is 22.0. The molecule has 0 bridgehead atoms. The van der Waals surface area contributed by atoms with Crippen LogP contribution in [0.15, 0.2) is 36.7 Å². The summed E-state index contributed by atoms with van der Waals surface area (Å²) < 4.78 is 1.59. The first-order valence-corrected chi connectivity index (χ1v) is 11.0. The number of rotatable bonds is 7. The molecule has 0 spiro atoms. The van der Waals surface area contributed by atoms with Gasteiger partial charge in [-0.1, -0.05) is 17.0 Å². The summed E-state index contributed by atoms with van der Waals surface area (Å²) in [6.07, 6.45) is 5.52. The van der Waals surface area contributed by atoms with Gasteiger partial charge in [-0.3, -0.25) is 14.4 Å². The minimum absolute atomic E-state index is 0.00221. The van der Waals surface area contributed by atoms with Crippen LogP contribution in [-0.2, 0) is 9.59 Å². The fourth-order valence-electron chi connectivity index (χ4n) is 3.22. The first-order valence-electron chi connectivity index (χ1n) is 9.79. The van der Waals surface area contributed by atoms with Crippen LogP contribution < -0.4 is 5.32 Å². The molecule has 1 aliphatic rings. The van der Waals surface area contributed by atoms with Crippen LogP contribution in [0.3, 0.4) is 0 Å². The van der Waals surface area contributed by atoms with Crippen molar-refractivity contribution < 1.29 is 14.4 Å². The lowest BCUT2D eigenvalue weighted by Gasteiger charge is -2.34. The van der Waals surface area contributed by atoms with Crippen LogP contribution in [-0.4, -0.2) is 87.2 Å². The molecule has 1 fully saturated rings. The Balaban J connectivity index is 1.68. The SMILES string of the molecule is CSC(=O)CC[C@H](NC(=O)c1ccc(-n2ccnn2)cc1)C(=O)N1CCN(C)CC1. The highest BCUT2D eigenvalue weighted by molar-refractivity contribution is 8.13. The summed E-state index contributed by atoms with van der Waals surface area (Å²) in [4.78, 5) is 41.5. The van der Waals surface area contributed by atoms with E-state index in [0.29, 0.717) is 18.7 Å².